The van der Waals surface area contributed by atoms with Gasteiger partial charge in [0.2, 0.25) is 0 Å². The maximum absolute atomic E-state index is 11.1. The van der Waals surface area contributed by atoms with Crippen LogP contribution in [-0.4, -0.2) is 15.6 Å². The predicted octanol–water partition coefficient (Wildman–Crippen LogP) is 1.35. The average molecular weight is 259 g/mol. The van der Waals surface area contributed by atoms with Gasteiger partial charge < -0.3 is 20.7 Å². The lowest BCUT2D eigenvalue weighted by molar-refractivity contribution is -0.138. The van der Waals surface area contributed by atoms with Crippen molar-refractivity contribution in [3.63, 3.8) is 0 Å². The fourth-order valence-corrected chi connectivity index (χ4v) is 2.76. The molecule has 100 valence electrons. The van der Waals surface area contributed by atoms with Gasteiger partial charge in [0.15, 0.2) is 0 Å². The van der Waals surface area contributed by atoms with Crippen LogP contribution in [0.15, 0.2) is 18.3 Å². The Kier molecular flexibility index (Phi) is 2.80. The van der Waals surface area contributed by atoms with E-state index in [1.54, 1.807) is 0 Å². The number of nitrogens with zero attached hydrogens (tertiary/aromatic N) is 1. The molecule has 0 saturated carbocycles. The molecule has 0 amide bonds. The summed E-state index contributed by atoms with van der Waals surface area (Å²) in [4.78, 5) is 11.1. The summed E-state index contributed by atoms with van der Waals surface area (Å²) in [5.74, 6) is -0.992. The van der Waals surface area contributed by atoms with E-state index in [-0.39, 0.29) is 0 Å². The molecule has 0 spiro atoms. The molecule has 0 saturated heterocycles. The number of hydrogen-bond acceptors (Lipinski definition) is 3. The molecule has 0 radical (unpaired) electrons. The molecular formula is C14H17N3O2. The minimum atomic E-state index is -0.992. The largest absolute Gasteiger partial charge is 0.480 e. The van der Waals surface area contributed by atoms with Gasteiger partial charge in [0.05, 0.1) is 0 Å². The Morgan fingerprint density at radius 3 is 2.79 bits per heavy atom. The minimum absolute atomic E-state index is 0.694. The number of nitrogens with two attached hydrogens (primary N) is 1. The smallest absolute Gasteiger partial charge is 0.325 e. The van der Waals surface area contributed by atoms with Gasteiger partial charge in [0, 0.05) is 42.3 Å². The van der Waals surface area contributed by atoms with Crippen molar-refractivity contribution in [3.8, 4) is 0 Å². The highest BCUT2D eigenvalue weighted by Gasteiger charge is 2.22. The van der Waals surface area contributed by atoms with Crippen LogP contribution < -0.4 is 11.1 Å². The zero-order valence-corrected chi connectivity index (χ0v) is 10.8. The van der Waals surface area contributed by atoms with Crippen LogP contribution in [0, 0.1) is 0 Å². The summed E-state index contributed by atoms with van der Waals surface area (Å²) in [6, 6.07) is 3.25. The van der Waals surface area contributed by atoms with Gasteiger partial charge in [-0.1, -0.05) is 0 Å². The summed E-state index contributed by atoms with van der Waals surface area (Å²) in [5.41, 5.74) is 10.1. The van der Waals surface area contributed by atoms with Gasteiger partial charge in [0.25, 0.3) is 0 Å². The molecule has 1 aliphatic rings. The summed E-state index contributed by atoms with van der Waals surface area (Å²) < 4.78 is 2.06. The molecule has 0 aliphatic carbocycles. The molecule has 1 aliphatic heterocycles. The third kappa shape index (κ3) is 1.82. The first-order valence-corrected chi connectivity index (χ1v) is 6.45. The first kappa shape index (κ1) is 12.2. The number of aryl methyl sites for hydroxylation is 1. The highest BCUT2D eigenvalue weighted by atomic mass is 16.4. The molecule has 2 heterocycles. The van der Waals surface area contributed by atoms with Crippen LogP contribution in [0.5, 0.6) is 0 Å². The summed E-state index contributed by atoms with van der Waals surface area (Å²) in [5, 5.41) is 13.4. The van der Waals surface area contributed by atoms with Gasteiger partial charge in [-0.25, -0.2) is 0 Å². The maximum atomic E-state index is 11.1. The first-order chi connectivity index (χ1) is 9.11. The molecule has 19 heavy (non-hydrogen) atoms. The molecule has 5 nitrogen and oxygen atoms in total. The van der Waals surface area contributed by atoms with Crippen molar-refractivity contribution in [2.24, 2.45) is 5.73 Å². The highest BCUT2D eigenvalue weighted by Crippen LogP contribution is 2.30. The lowest BCUT2D eigenvalue weighted by atomic mass is 10.0. The van der Waals surface area contributed by atoms with E-state index < -0.39 is 12.0 Å². The third-order valence-corrected chi connectivity index (χ3v) is 3.81. The number of carbonyl (C=O) groups is 1. The van der Waals surface area contributed by atoms with E-state index >= 15 is 0 Å². The molecule has 2 aromatic rings. The summed E-state index contributed by atoms with van der Waals surface area (Å²) in [6.07, 6.45) is 1.87. The van der Waals surface area contributed by atoms with E-state index in [0.29, 0.717) is 5.56 Å². The van der Waals surface area contributed by atoms with E-state index in [4.69, 9.17) is 10.8 Å². The zero-order chi connectivity index (χ0) is 13.6. The summed E-state index contributed by atoms with van der Waals surface area (Å²) >= 11 is 0. The number of hydrogen-bond donors (Lipinski definition) is 3. The van der Waals surface area contributed by atoms with Crippen LogP contribution in [0.2, 0.25) is 0 Å². The summed E-state index contributed by atoms with van der Waals surface area (Å²) in [6.45, 7) is 4.56. The van der Waals surface area contributed by atoms with Crippen molar-refractivity contribution in [1.29, 1.82) is 0 Å². The van der Waals surface area contributed by atoms with Gasteiger partial charge in [-0.2, -0.15) is 0 Å². The molecule has 3 rings (SSSR count). The van der Waals surface area contributed by atoms with Crippen LogP contribution in [0.1, 0.15) is 29.7 Å². The second-order valence-electron chi connectivity index (χ2n) is 4.93. The Hall–Kier alpha value is -1.85. The Balaban J connectivity index is 2.25. The van der Waals surface area contributed by atoms with E-state index in [0.717, 1.165) is 30.5 Å². The molecule has 1 aromatic heterocycles. The maximum Gasteiger partial charge on any atom is 0.325 e. The molecule has 1 atom stereocenters. The Bertz CT molecular complexity index is 660. The second-order valence-corrected chi connectivity index (χ2v) is 4.93. The fourth-order valence-electron chi connectivity index (χ4n) is 2.76. The number of carboxylic acids is 1. The molecular weight excluding hydrogens is 242 g/mol. The lowest BCUT2D eigenvalue weighted by Crippen LogP contribution is -2.20. The van der Waals surface area contributed by atoms with Crippen LogP contribution >= 0.6 is 0 Å². The molecule has 1 aromatic carbocycles. The number of fused-ring (bicyclic) bond motifs is 2. The highest BCUT2D eigenvalue weighted by molar-refractivity contribution is 5.90. The van der Waals surface area contributed by atoms with E-state index in [9.17, 15) is 4.79 Å². The van der Waals surface area contributed by atoms with Crippen LogP contribution in [0.4, 0.5) is 0 Å². The van der Waals surface area contributed by atoms with E-state index in [2.05, 4.69) is 22.0 Å². The number of aromatic nitrogens is 1. The Morgan fingerprint density at radius 2 is 2.16 bits per heavy atom. The van der Waals surface area contributed by atoms with Crippen molar-refractivity contribution >= 4 is 16.9 Å². The van der Waals surface area contributed by atoms with Crippen LogP contribution in [0.25, 0.3) is 10.9 Å². The van der Waals surface area contributed by atoms with E-state index in [1.165, 1.54) is 11.1 Å². The van der Waals surface area contributed by atoms with Gasteiger partial charge in [-0.3, -0.25) is 4.79 Å². The van der Waals surface area contributed by atoms with Crippen molar-refractivity contribution in [2.75, 3.05) is 0 Å². The number of nitrogens with one attached hydrogen (secondary N) is 1. The SMILES string of the molecule is CCn1cc(C(N)C(=O)O)c2cc3c(cc21)CNC3. The monoisotopic (exact) mass is 259 g/mol. The van der Waals surface area contributed by atoms with Crippen LogP contribution in [-0.2, 0) is 24.4 Å². The quantitative estimate of drug-likeness (QED) is 0.777. The number of carboxylic acid groups (broad SMARTS) is 1. The van der Waals surface area contributed by atoms with Gasteiger partial charge >= 0.3 is 5.97 Å². The average Bonchev–Trinajstić information content (AvgIpc) is 2.98. The van der Waals surface area contributed by atoms with Gasteiger partial charge in [-0.15, -0.1) is 0 Å². The molecule has 0 bridgehead atoms. The lowest BCUT2D eigenvalue weighted by Gasteiger charge is -2.05. The molecule has 4 N–H and O–H groups in total. The van der Waals surface area contributed by atoms with Gasteiger partial charge in [-0.05, 0) is 30.2 Å². The van der Waals surface area contributed by atoms with Crippen LogP contribution in [0.3, 0.4) is 0 Å². The standard InChI is InChI=1S/C14H17N3O2/c1-2-17-7-11(13(15)14(18)19)10-3-8-5-16-6-9(8)4-12(10)17/h3-4,7,13,16H,2,5-6,15H2,1H3,(H,18,19). The van der Waals surface area contributed by atoms with Crippen molar-refractivity contribution in [3.05, 3.63) is 35.0 Å². The first-order valence-electron chi connectivity index (χ1n) is 6.45. The normalized spacial score (nSPS) is 15.7. The molecule has 0 fully saturated rings. The molecule has 5 heteroatoms. The van der Waals surface area contributed by atoms with Crippen molar-refractivity contribution in [1.82, 2.24) is 9.88 Å². The number of benzene rings is 1. The third-order valence-electron chi connectivity index (χ3n) is 3.81. The van der Waals surface area contributed by atoms with Crippen molar-refractivity contribution < 1.29 is 9.90 Å². The second kappa shape index (κ2) is 4.36. The predicted molar refractivity (Wildman–Crippen MR) is 72.7 cm³/mol. The zero-order valence-electron chi connectivity index (χ0n) is 10.8. The summed E-state index contributed by atoms with van der Waals surface area (Å²) in [7, 11) is 0. The molecule has 1 unspecified atom stereocenters. The fraction of sp³-hybridized carbons (Fsp3) is 0.357. The Labute approximate surface area is 111 Å². The van der Waals surface area contributed by atoms with Gasteiger partial charge in [0.1, 0.15) is 6.04 Å². The minimum Gasteiger partial charge on any atom is -0.480 e. The number of aliphatic carboxylic acids is 1. The topological polar surface area (TPSA) is 80.3 Å². The van der Waals surface area contributed by atoms with Crippen molar-refractivity contribution in [2.45, 2.75) is 32.6 Å². The Morgan fingerprint density at radius 1 is 1.47 bits per heavy atom. The van der Waals surface area contributed by atoms with E-state index in [1.807, 2.05) is 13.1 Å². The number of rotatable bonds is 3.